The predicted molar refractivity (Wildman–Crippen MR) is 238 cm³/mol. The largest absolute Gasteiger partial charge is 0.481 e. The van der Waals surface area contributed by atoms with Gasteiger partial charge in [0.1, 0.15) is 36.3 Å². The molecule has 0 radical (unpaired) electrons. The van der Waals surface area contributed by atoms with Crippen LogP contribution in [0.3, 0.4) is 0 Å². The first-order valence-electron chi connectivity index (χ1n) is 21.3. The molecule has 1 aromatic heterocycles. The minimum absolute atomic E-state index is 0.0324. The second-order valence-electron chi connectivity index (χ2n) is 16.3. The Hall–Kier alpha value is -7.92. The molecule has 0 aliphatic carbocycles. The fourth-order valence-corrected chi connectivity index (χ4v) is 5.93. The molecular formula is C39H63N15O15. The van der Waals surface area contributed by atoms with Gasteiger partial charge in [-0.1, -0.05) is 27.7 Å². The van der Waals surface area contributed by atoms with E-state index in [9.17, 15) is 72.9 Å². The number of amides is 9. The van der Waals surface area contributed by atoms with Crippen molar-refractivity contribution in [1.82, 2.24) is 52.5 Å². The van der Waals surface area contributed by atoms with Gasteiger partial charge in [-0.05, 0) is 31.1 Å². The number of aromatic nitrogens is 2. The van der Waals surface area contributed by atoms with E-state index in [4.69, 9.17) is 22.9 Å². The van der Waals surface area contributed by atoms with Gasteiger partial charge in [-0.2, -0.15) is 0 Å². The van der Waals surface area contributed by atoms with Gasteiger partial charge in [0.25, 0.3) is 0 Å². The van der Waals surface area contributed by atoms with E-state index in [-0.39, 0.29) is 55.7 Å². The highest BCUT2D eigenvalue weighted by Gasteiger charge is 2.34. The van der Waals surface area contributed by atoms with Gasteiger partial charge in [0.2, 0.25) is 53.2 Å². The molecule has 0 aromatic carbocycles. The molecule has 7 atom stereocenters. The average Bonchev–Trinajstić information content (AvgIpc) is 3.76. The number of carbonyl (C=O) groups is 12. The number of carbonyl (C=O) groups excluding carboxylic acids is 9. The Balaban J connectivity index is 3.24. The van der Waals surface area contributed by atoms with Crippen molar-refractivity contribution < 1.29 is 72.9 Å². The second kappa shape index (κ2) is 29.7. The molecule has 1 aromatic rings. The predicted octanol–water partition coefficient (Wildman–Crippen LogP) is -6.91. The van der Waals surface area contributed by atoms with Gasteiger partial charge in [0.05, 0.1) is 44.7 Å². The monoisotopic (exact) mass is 981 g/mol. The number of H-pyrrole nitrogens is 1. The van der Waals surface area contributed by atoms with Crippen molar-refractivity contribution >= 4 is 77.0 Å². The number of carboxylic acids is 3. The van der Waals surface area contributed by atoms with Crippen LogP contribution < -0.4 is 65.5 Å². The Bertz CT molecular complexity index is 2030. The molecule has 0 aliphatic rings. The van der Waals surface area contributed by atoms with Gasteiger partial charge >= 0.3 is 17.9 Å². The highest BCUT2D eigenvalue weighted by molar-refractivity contribution is 5.98. The zero-order valence-corrected chi connectivity index (χ0v) is 38.4. The summed E-state index contributed by atoms with van der Waals surface area (Å²) < 4.78 is 0. The number of hydrogen-bond acceptors (Lipinski definition) is 15. The minimum Gasteiger partial charge on any atom is -0.481 e. The lowest BCUT2D eigenvalue weighted by Gasteiger charge is -2.26. The molecule has 384 valence electrons. The quantitative estimate of drug-likeness (QED) is 0.0181. The van der Waals surface area contributed by atoms with Crippen LogP contribution >= 0.6 is 0 Å². The highest BCUT2D eigenvalue weighted by Crippen LogP contribution is 2.09. The molecule has 1 heterocycles. The minimum atomic E-state index is -1.84. The molecule has 0 saturated heterocycles. The lowest BCUT2D eigenvalue weighted by molar-refractivity contribution is -0.144. The highest BCUT2D eigenvalue weighted by atomic mass is 16.4. The van der Waals surface area contributed by atoms with Gasteiger partial charge in [0.15, 0.2) is 5.96 Å². The molecular weight excluding hydrogens is 919 g/mol. The van der Waals surface area contributed by atoms with E-state index in [0.29, 0.717) is 0 Å². The van der Waals surface area contributed by atoms with Gasteiger partial charge in [-0.25, -0.2) is 9.78 Å². The Labute approximate surface area is 394 Å². The van der Waals surface area contributed by atoms with E-state index < -0.39 is 146 Å². The van der Waals surface area contributed by atoms with Gasteiger partial charge < -0.3 is 85.8 Å². The van der Waals surface area contributed by atoms with E-state index in [0.717, 1.165) is 0 Å². The standard InChI is InChI=1S/C39H63N15O15/c1-17(2)8-25(38(68)69)54-36(66)24(12-30(60)61)52-35(65)21(9-19-13-44-16-48-19)51-34(64)20(6-5-7-45-39(42)43)49-27(56)14-47-33(63)23(11-29(58)59)50-28(57)15-46-32(62)22(10-26(40)55)53-37(67)31(41)18(3)4/h13,16-18,20-25,31H,5-12,14-15,41H2,1-4H3,(H2,40,55)(H,44,48)(H,46,62)(H,47,63)(H,49,56)(H,50,57)(H,51,64)(H,52,65)(H,53,67)(H,54,66)(H,58,59)(H,60,61)(H,68,69)(H4,42,43,45). The lowest BCUT2D eigenvalue weighted by Crippen LogP contribution is -2.59. The maximum atomic E-state index is 13.8. The molecule has 1 rings (SSSR count). The summed E-state index contributed by atoms with van der Waals surface area (Å²) >= 11 is 0. The third-order valence-electron chi connectivity index (χ3n) is 9.48. The van der Waals surface area contributed by atoms with E-state index >= 15 is 0 Å². The number of aromatic amines is 1. The van der Waals surface area contributed by atoms with Gasteiger partial charge in [-0.3, -0.25) is 57.7 Å². The maximum Gasteiger partial charge on any atom is 0.326 e. The number of aliphatic imine (C=N–C) groups is 1. The second-order valence-corrected chi connectivity index (χ2v) is 16.3. The summed E-state index contributed by atoms with van der Waals surface area (Å²) in [6.07, 6.45) is -0.710. The van der Waals surface area contributed by atoms with Crippen LogP contribution in [0.1, 0.15) is 71.9 Å². The summed E-state index contributed by atoms with van der Waals surface area (Å²) in [6.45, 7) is 4.75. The summed E-state index contributed by atoms with van der Waals surface area (Å²) in [5.74, 6) is -14.9. The van der Waals surface area contributed by atoms with Crippen LogP contribution in [0.15, 0.2) is 17.5 Å². The Kier molecular flexibility index (Phi) is 25.4. The Morgan fingerprint density at radius 3 is 1.55 bits per heavy atom. The van der Waals surface area contributed by atoms with Crippen molar-refractivity contribution in [1.29, 1.82) is 0 Å². The SMILES string of the molecule is CC(C)CC(NC(=O)C(CC(=O)O)NC(=O)C(Cc1cnc[nH]1)NC(=O)C(CCCN=C(N)N)NC(=O)CNC(=O)C(CC(=O)O)NC(=O)CNC(=O)C(CC(N)=O)NC(=O)C(N)C(C)C)C(=O)O. The number of hydrogen-bond donors (Lipinski definition) is 16. The first kappa shape index (κ1) is 59.1. The van der Waals surface area contributed by atoms with Crippen LogP contribution in [-0.4, -0.2) is 164 Å². The van der Waals surface area contributed by atoms with Crippen molar-refractivity contribution in [2.24, 2.45) is 39.8 Å². The maximum absolute atomic E-state index is 13.8. The van der Waals surface area contributed by atoms with Crippen LogP contribution in [0, 0.1) is 11.8 Å². The molecule has 0 aliphatic heterocycles. The first-order chi connectivity index (χ1) is 32.2. The van der Waals surface area contributed by atoms with E-state index in [1.807, 2.05) is 0 Å². The molecule has 9 amide bonds. The zero-order chi connectivity index (χ0) is 52.5. The van der Waals surface area contributed by atoms with E-state index in [1.165, 1.54) is 12.5 Å². The molecule has 0 bridgehead atoms. The summed E-state index contributed by atoms with van der Waals surface area (Å²) in [5.41, 5.74) is 22.0. The fraction of sp³-hybridized carbons (Fsp3) is 0.590. The molecule has 0 saturated carbocycles. The van der Waals surface area contributed by atoms with Crippen molar-refractivity contribution in [3.05, 3.63) is 18.2 Å². The number of guanidine groups is 1. The number of carboxylic acid groups (broad SMARTS) is 3. The average molecular weight is 982 g/mol. The number of aliphatic carboxylic acids is 3. The molecule has 20 N–H and O–H groups in total. The van der Waals surface area contributed by atoms with Crippen molar-refractivity contribution in [3.8, 4) is 0 Å². The van der Waals surface area contributed by atoms with Crippen molar-refractivity contribution in [3.63, 3.8) is 0 Å². The van der Waals surface area contributed by atoms with Gasteiger partial charge in [-0.15, -0.1) is 0 Å². The van der Waals surface area contributed by atoms with Crippen LogP contribution in [0.2, 0.25) is 0 Å². The van der Waals surface area contributed by atoms with Crippen molar-refractivity contribution in [2.75, 3.05) is 19.6 Å². The lowest BCUT2D eigenvalue weighted by atomic mass is 10.0. The summed E-state index contributed by atoms with van der Waals surface area (Å²) in [6, 6.07) is -10.9. The number of rotatable bonds is 32. The third-order valence-corrected chi connectivity index (χ3v) is 9.48. The van der Waals surface area contributed by atoms with E-state index in [1.54, 1.807) is 27.7 Å². The Morgan fingerprint density at radius 2 is 1.09 bits per heavy atom. The molecule has 0 fully saturated rings. The first-order valence-corrected chi connectivity index (χ1v) is 21.3. The number of nitrogens with two attached hydrogens (primary N) is 4. The van der Waals surface area contributed by atoms with Crippen LogP contribution in [-0.2, 0) is 64.0 Å². The number of imidazole rings is 1. The number of nitrogens with one attached hydrogen (secondary N) is 9. The summed E-state index contributed by atoms with van der Waals surface area (Å²) in [7, 11) is 0. The molecule has 30 heteroatoms. The van der Waals surface area contributed by atoms with Crippen molar-refractivity contribution in [2.45, 2.75) is 115 Å². The smallest absolute Gasteiger partial charge is 0.326 e. The summed E-state index contributed by atoms with van der Waals surface area (Å²) in [4.78, 5) is 162. The summed E-state index contributed by atoms with van der Waals surface area (Å²) in [5, 5.41) is 46.4. The Morgan fingerprint density at radius 1 is 0.623 bits per heavy atom. The molecule has 30 nitrogen and oxygen atoms in total. The topological polar surface area (TPSA) is 507 Å². The number of nitrogens with zero attached hydrogens (tertiary/aromatic N) is 2. The zero-order valence-electron chi connectivity index (χ0n) is 38.4. The van der Waals surface area contributed by atoms with Crippen LogP contribution in [0.25, 0.3) is 0 Å². The molecule has 69 heavy (non-hydrogen) atoms. The fourth-order valence-electron chi connectivity index (χ4n) is 5.93. The van der Waals surface area contributed by atoms with E-state index in [2.05, 4.69) is 57.5 Å². The third kappa shape index (κ3) is 23.9. The molecule has 7 unspecified atom stereocenters. The molecule has 0 spiro atoms. The van der Waals surface area contributed by atoms with Crippen LogP contribution in [0.5, 0.6) is 0 Å². The normalized spacial score (nSPS) is 13.9. The number of primary amides is 1. The van der Waals surface area contributed by atoms with Crippen LogP contribution in [0.4, 0.5) is 0 Å². The van der Waals surface area contributed by atoms with Gasteiger partial charge in [0, 0.05) is 24.9 Å².